The topological polar surface area (TPSA) is 140 Å². The molecule has 292 valence electrons. The predicted octanol–water partition coefficient (Wildman–Crippen LogP) is 9.18. The van der Waals surface area contributed by atoms with Crippen molar-refractivity contribution in [2.24, 2.45) is 5.41 Å². The molecule has 2 N–H and O–H groups in total. The van der Waals surface area contributed by atoms with Gasteiger partial charge in [-0.15, -0.1) is 0 Å². The Morgan fingerprint density at radius 1 is 1.07 bits per heavy atom. The monoisotopic (exact) mass is 792 g/mol. The van der Waals surface area contributed by atoms with Crippen molar-refractivity contribution < 1.29 is 39.7 Å². The van der Waals surface area contributed by atoms with E-state index in [9.17, 15) is 31.2 Å². The SMILES string of the molecule is Cc1cc([C@@H](C)Nc2ccc(Cl)nc2-c2ccc(OS(=O)(=O)C(F)(F)F)c(CNC(=O)OC(C)(C)C)c2)c2oc(N3CCC(C)(C)CC3)c(C)c(=O)c2c1. The fourth-order valence-electron chi connectivity index (χ4n) is 6.17. The first-order valence-electron chi connectivity index (χ1n) is 17.3. The van der Waals surface area contributed by atoms with Gasteiger partial charge in [0.05, 0.1) is 28.4 Å². The number of anilines is 2. The van der Waals surface area contributed by atoms with Crippen LogP contribution in [0.1, 0.15) is 82.7 Å². The van der Waals surface area contributed by atoms with E-state index in [1.165, 1.54) is 12.1 Å². The molecule has 2 aromatic heterocycles. The van der Waals surface area contributed by atoms with E-state index < -0.39 is 45.7 Å². The van der Waals surface area contributed by atoms with Gasteiger partial charge in [-0.2, -0.15) is 21.6 Å². The van der Waals surface area contributed by atoms with Gasteiger partial charge in [-0.05, 0) is 102 Å². The maximum absolute atomic E-state index is 13.8. The van der Waals surface area contributed by atoms with E-state index in [4.69, 9.17) is 20.8 Å². The van der Waals surface area contributed by atoms with Crippen LogP contribution in [0.4, 0.5) is 29.5 Å². The second kappa shape index (κ2) is 15.0. The highest BCUT2D eigenvalue weighted by Crippen LogP contribution is 2.38. The lowest BCUT2D eigenvalue weighted by Gasteiger charge is -2.37. The smallest absolute Gasteiger partial charge is 0.444 e. The number of benzene rings is 2. The summed E-state index contributed by atoms with van der Waals surface area (Å²) in [6, 6.07) is 10.2. The Morgan fingerprint density at radius 2 is 1.74 bits per heavy atom. The maximum Gasteiger partial charge on any atom is 0.534 e. The van der Waals surface area contributed by atoms with Crippen molar-refractivity contribution in [3.05, 3.63) is 80.1 Å². The Bertz CT molecular complexity index is 2240. The molecule has 2 aromatic carbocycles. The van der Waals surface area contributed by atoms with Gasteiger partial charge in [-0.25, -0.2) is 9.78 Å². The third kappa shape index (κ3) is 9.23. The molecule has 0 radical (unpaired) electrons. The number of hydrogen-bond acceptors (Lipinski definition) is 10. The molecule has 0 bridgehead atoms. The molecular weight excluding hydrogens is 749 g/mol. The number of aromatic nitrogens is 1. The van der Waals surface area contributed by atoms with Crippen molar-refractivity contribution in [1.29, 1.82) is 0 Å². The van der Waals surface area contributed by atoms with E-state index in [1.807, 2.05) is 19.9 Å². The Kier molecular flexibility index (Phi) is 11.3. The van der Waals surface area contributed by atoms with Gasteiger partial charge in [0.15, 0.2) is 5.43 Å². The lowest BCUT2D eigenvalue weighted by molar-refractivity contribution is -0.0500. The summed E-state index contributed by atoms with van der Waals surface area (Å²) in [6.45, 7) is 15.9. The molecule has 1 aliphatic rings. The molecule has 1 fully saturated rings. The van der Waals surface area contributed by atoms with Crippen molar-refractivity contribution in [3.8, 4) is 17.0 Å². The zero-order valence-electron chi connectivity index (χ0n) is 31.3. The summed E-state index contributed by atoms with van der Waals surface area (Å²) in [5, 5.41) is 6.38. The second-order valence-electron chi connectivity index (χ2n) is 15.3. The first kappa shape index (κ1) is 40.7. The fraction of sp³-hybridized carbons (Fsp3) is 0.447. The van der Waals surface area contributed by atoms with E-state index in [1.54, 1.807) is 45.9 Å². The van der Waals surface area contributed by atoms with Crippen LogP contribution in [0.15, 0.2) is 51.7 Å². The second-order valence-corrected chi connectivity index (χ2v) is 17.2. The quantitative estimate of drug-likeness (QED) is 0.0958. The Labute approximate surface area is 317 Å². The molecule has 0 aliphatic carbocycles. The standard InChI is InChI=1S/C38H44ClF3N4O7S/c1-21-17-26(33-27(18-21)32(47)22(2)34(51-33)46-15-13-37(7,8)14-16-46)23(3)44-28-10-12-30(39)45-31(28)24-9-11-29(53-54(49,50)38(40,41)42)25(19-24)20-43-35(48)52-36(4,5)6/h9-12,17-19,23,44H,13-16,20H2,1-8H3,(H,43,48)/t23-/m1/s1. The van der Waals surface area contributed by atoms with Gasteiger partial charge in [0.1, 0.15) is 22.1 Å². The molecule has 16 heteroatoms. The molecule has 1 saturated heterocycles. The van der Waals surface area contributed by atoms with Gasteiger partial charge in [-0.3, -0.25) is 4.79 Å². The molecular formula is C38H44ClF3N4O7S. The van der Waals surface area contributed by atoms with Crippen LogP contribution in [0.3, 0.4) is 0 Å². The molecule has 0 spiro atoms. The lowest BCUT2D eigenvalue weighted by atomic mass is 9.82. The minimum atomic E-state index is -6.05. The number of nitrogens with zero attached hydrogens (tertiary/aromatic N) is 2. The Balaban J connectivity index is 1.55. The molecule has 0 unspecified atom stereocenters. The van der Waals surface area contributed by atoms with Crippen molar-refractivity contribution in [3.63, 3.8) is 0 Å². The lowest BCUT2D eigenvalue weighted by Crippen LogP contribution is -2.38. The zero-order chi connectivity index (χ0) is 40.0. The number of nitrogens with one attached hydrogen (secondary N) is 2. The summed E-state index contributed by atoms with van der Waals surface area (Å²) < 4.78 is 80.2. The number of fused-ring (bicyclic) bond motifs is 1. The van der Waals surface area contributed by atoms with Crippen LogP contribution in [0.5, 0.6) is 5.75 Å². The van der Waals surface area contributed by atoms with Crippen LogP contribution < -0.4 is 25.1 Å². The van der Waals surface area contributed by atoms with Gasteiger partial charge in [0, 0.05) is 36.3 Å². The van der Waals surface area contributed by atoms with Crippen LogP contribution in [-0.4, -0.2) is 43.7 Å². The van der Waals surface area contributed by atoms with Crippen LogP contribution in [0.25, 0.3) is 22.2 Å². The molecule has 5 rings (SSSR count). The number of ether oxygens (including phenoxy) is 1. The molecule has 11 nitrogen and oxygen atoms in total. The summed E-state index contributed by atoms with van der Waals surface area (Å²) in [4.78, 5) is 32.8. The number of halogens is 4. The van der Waals surface area contributed by atoms with Crippen molar-refractivity contribution >= 4 is 50.4 Å². The highest BCUT2D eigenvalue weighted by Gasteiger charge is 2.49. The van der Waals surface area contributed by atoms with Gasteiger partial charge in [0.2, 0.25) is 5.88 Å². The number of pyridine rings is 1. The highest BCUT2D eigenvalue weighted by atomic mass is 35.5. The van der Waals surface area contributed by atoms with E-state index in [-0.39, 0.29) is 27.3 Å². The van der Waals surface area contributed by atoms with Crippen LogP contribution in [-0.2, 0) is 21.4 Å². The average Bonchev–Trinajstić information content (AvgIpc) is 3.05. The summed E-state index contributed by atoms with van der Waals surface area (Å²) in [6.07, 6.45) is 1.00. The number of piperidine rings is 1. The predicted molar refractivity (Wildman–Crippen MR) is 203 cm³/mol. The minimum absolute atomic E-state index is 0.0911. The van der Waals surface area contributed by atoms with Gasteiger partial charge in [0.25, 0.3) is 0 Å². The van der Waals surface area contributed by atoms with Crippen molar-refractivity contribution in [1.82, 2.24) is 10.3 Å². The third-order valence-corrected chi connectivity index (χ3v) is 10.3. The van der Waals surface area contributed by atoms with Crippen molar-refractivity contribution in [2.45, 2.75) is 91.9 Å². The molecule has 3 heterocycles. The van der Waals surface area contributed by atoms with Gasteiger partial charge < -0.3 is 28.9 Å². The Morgan fingerprint density at radius 3 is 2.37 bits per heavy atom. The van der Waals surface area contributed by atoms with Gasteiger partial charge >= 0.3 is 21.7 Å². The summed E-state index contributed by atoms with van der Waals surface area (Å²) >= 11 is 6.34. The summed E-state index contributed by atoms with van der Waals surface area (Å²) in [5.41, 5.74) is -3.13. The number of rotatable bonds is 9. The highest BCUT2D eigenvalue weighted by molar-refractivity contribution is 7.88. The number of alkyl halides is 3. The van der Waals surface area contributed by atoms with Crippen LogP contribution in [0.2, 0.25) is 5.15 Å². The molecule has 54 heavy (non-hydrogen) atoms. The number of hydrogen-bond donors (Lipinski definition) is 2. The molecule has 1 aliphatic heterocycles. The molecule has 4 aromatic rings. The number of carbonyl (C=O) groups excluding carboxylic acids is 1. The number of amides is 1. The molecule has 1 amide bonds. The van der Waals surface area contributed by atoms with E-state index in [2.05, 4.69) is 38.5 Å². The van der Waals surface area contributed by atoms with E-state index in [0.717, 1.165) is 37.6 Å². The largest absolute Gasteiger partial charge is 0.534 e. The van der Waals surface area contributed by atoms with Crippen molar-refractivity contribution in [2.75, 3.05) is 23.3 Å². The minimum Gasteiger partial charge on any atom is -0.444 e. The summed E-state index contributed by atoms with van der Waals surface area (Å²) in [7, 11) is -6.05. The summed E-state index contributed by atoms with van der Waals surface area (Å²) in [5.74, 6) is -0.127. The van der Waals surface area contributed by atoms with Crippen LogP contribution in [0, 0.1) is 19.3 Å². The molecule has 1 atom stereocenters. The number of aryl methyl sites for hydroxylation is 1. The first-order valence-corrected chi connectivity index (χ1v) is 19.1. The molecule has 0 saturated carbocycles. The fourth-order valence-corrected chi connectivity index (χ4v) is 6.81. The number of alkyl carbamates (subject to hydrolysis) is 1. The maximum atomic E-state index is 13.8. The third-order valence-electron chi connectivity index (χ3n) is 9.11. The normalized spacial score (nSPS) is 15.5. The van der Waals surface area contributed by atoms with E-state index in [0.29, 0.717) is 39.2 Å². The van der Waals surface area contributed by atoms with Gasteiger partial charge in [-0.1, -0.05) is 31.5 Å². The van der Waals surface area contributed by atoms with Crippen LogP contribution >= 0.6 is 11.6 Å². The number of carbonyl (C=O) groups is 1. The average molecular weight is 793 g/mol. The Hall–Kier alpha value is -4.50. The first-order chi connectivity index (χ1) is 24.9. The zero-order valence-corrected chi connectivity index (χ0v) is 32.9. The van der Waals surface area contributed by atoms with E-state index >= 15 is 0 Å².